The second-order valence-corrected chi connectivity index (χ2v) is 6.17. The largest absolute Gasteiger partial charge is 0.349 e. The Hall–Kier alpha value is -2.95. The monoisotopic (exact) mass is 318 g/mol. The molecule has 24 heavy (non-hydrogen) atoms. The first-order valence-corrected chi connectivity index (χ1v) is 8.04. The van der Waals surface area contributed by atoms with Crippen LogP contribution in [0.4, 0.5) is 0 Å². The van der Waals surface area contributed by atoms with Crippen LogP contribution >= 0.6 is 0 Å². The van der Waals surface area contributed by atoms with Gasteiger partial charge in [-0.2, -0.15) is 5.10 Å². The van der Waals surface area contributed by atoms with Gasteiger partial charge in [0, 0.05) is 17.5 Å². The van der Waals surface area contributed by atoms with Crippen molar-refractivity contribution in [3.05, 3.63) is 77.9 Å². The molecule has 1 heterocycles. The molecule has 0 bridgehead atoms. The minimum atomic E-state index is -0.0216. The summed E-state index contributed by atoms with van der Waals surface area (Å²) in [6.45, 7) is 1.97. The Bertz CT molecular complexity index is 858. The topological polar surface area (TPSA) is 59.8 Å². The Balaban J connectivity index is 1.45. The number of carbonyl (C=O) groups is 1. The van der Waals surface area contributed by atoms with Crippen LogP contribution in [0.5, 0.6) is 0 Å². The molecule has 3 aromatic rings. The Kier molecular flexibility index (Phi) is 3.61. The van der Waals surface area contributed by atoms with Crippen molar-refractivity contribution in [2.75, 3.05) is 0 Å². The minimum absolute atomic E-state index is 0.0216. The number of nitrogens with zero attached hydrogens (tertiary/aromatic N) is 3. The number of hydrogen-bond acceptors (Lipinski definition) is 3. The number of rotatable bonds is 4. The summed E-state index contributed by atoms with van der Waals surface area (Å²) in [6, 6.07) is 16.2. The molecule has 2 aromatic carbocycles. The number of amides is 1. The summed E-state index contributed by atoms with van der Waals surface area (Å²) < 4.78 is 1.70. The average Bonchev–Trinajstić information content (AvgIpc) is 3.15. The molecule has 1 N–H and O–H groups in total. The van der Waals surface area contributed by atoms with Gasteiger partial charge < -0.3 is 5.32 Å². The summed E-state index contributed by atoms with van der Waals surface area (Å²) in [5, 5.41) is 7.26. The van der Waals surface area contributed by atoms with Crippen molar-refractivity contribution in [2.45, 2.75) is 25.3 Å². The maximum Gasteiger partial charge on any atom is 0.251 e. The van der Waals surface area contributed by atoms with Gasteiger partial charge in [-0.05, 0) is 42.7 Å². The Morgan fingerprint density at radius 2 is 2.04 bits per heavy atom. The van der Waals surface area contributed by atoms with Crippen molar-refractivity contribution < 1.29 is 4.79 Å². The standard InChI is InChI=1S/C19H18N4O/c1-13-9-15(7-8-18(13)23-12-20-11-21-23)19(24)22-17-10-16(17)14-5-3-2-4-6-14/h2-9,11-12,16-17H,10H2,1H3,(H,22,24)/t16-,17-/m0/s1. The Labute approximate surface area is 140 Å². The van der Waals surface area contributed by atoms with Crippen LogP contribution in [0.2, 0.25) is 0 Å². The first kappa shape index (κ1) is 14.6. The second kappa shape index (κ2) is 5.92. The molecule has 0 aliphatic heterocycles. The lowest BCUT2D eigenvalue weighted by molar-refractivity contribution is 0.0950. The normalized spacial score (nSPS) is 19.0. The van der Waals surface area contributed by atoms with Gasteiger partial charge in [-0.25, -0.2) is 9.67 Å². The van der Waals surface area contributed by atoms with Gasteiger partial charge in [0.2, 0.25) is 0 Å². The highest BCUT2D eigenvalue weighted by Crippen LogP contribution is 2.40. The maximum atomic E-state index is 12.5. The lowest BCUT2D eigenvalue weighted by Gasteiger charge is -2.09. The third kappa shape index (κ3) is 2.80. The number of benzene rings is 2. The molecule has 0 unspecified atom stereocenters. The van der Waals surface area contributed by atoms with Gasteiger partial charge in [0.15, 0.2) is 0 Å². The molecule has 2 atom stereocenters. The Morgan fingerprint density at radius 1 is 1.21 bits per heavy atom. The van der Waals surface area contributed by atoms with Crippen LogP contribution in [0.1, 0.15) is 33.8 Å². The van der Waals surface area contributed by atoms with Crippen LogP contribution in [0.25, 0.3) is 5.69 Å². The van der Waals surface area contributed by atoms with E-state index in [2.05, 4.69) is 27.5 Å². The fraction of sp³-hybridized carbons (Fsp3) is 0.211. The SMILES string of the molecule is Cc1cc(C(=O)N[C@H]2C[C@H]2c2ccccc2)ccc1-n1cncn1. The molecule has 120 valence electrons. The quantitative estimate of drug-likeness (QED) is 0.804. The molecule has 1 aliphatic rings. The van der Waals surface area contributed by atoms with Crippen LogP contribution in [0.15, 0.2) is 61.2 Å². The van der Waals surface area contributed by atoms with Crippen LogP contribution < -0.4 is 5.32 Å². The van der Waals surface area contributed by atoms with Crippen molar-refractivity contribution in [1.29, 1.82) is 0 Å². The van der Waals surface area contributed by atoms with Crippen LogP contribution in [0.3, 0.4) is 0 Å². The smallest absolute Gasteiger partial charge is 0.251 e. The third-order valence-corrected chi connectivity index (χ3v) is 4.46. The summed E-state index contributed by atoms with van der Waals surface area (Å²) in [5.41, 5.74) is 3.89. The molecule has 1 aliphatic carbocycles. The van der Waals surface area contributed by atoms with E-state index < -0.39 is 0 Å². The average molecular weight is 318 g/mol. The second-order valence-electron chi connectivity index (χ2n) is 6.17. The van der Waals surface area contributed by atoms with Crippen LogP contribution in [-0.4, -0.2) is 26.7 Å². The molecule has 5 nitrogen and oxygen atoms in total. The van der Waals surface area contributed by atoms with Crippen molar-refractivity contribution in [3.8, 4) is 5.69 Å². The van der Waals surface area contributed by atoms with E-state index in [0.29, 0.717) is 11.5 Å². The molecule has 1 saturated carbocycles. The molecular weight excluding hydrogens is 300 g/mol. The maximum absolute atomic E-state index is 12.5. The van der Waals surface area contributed by atoms with E-state index in [1.807, 2.05) is 43.3 Å². The van der Waals surface area contributed by atoms with Gasteiger partial charge in [0.1, 0.15) is 12.7 Å². The third-order valence-electron chi connectivity index (χ3n) is 4.46. The van der Waals surface area contributed by atoms with E-state index in [1.54, 1.807) is 11.0 Å². The fourth-order valence-electron chi connectivity index (χ4n) is 3.06. The lowest BCUT2D eigenvalue weighted by atomic mass is 10.1. The highest BCUT2D eigenvalue weighted by Gasteiger charge is 2.39. The molecule has 0 saturated heterocycles. The number of aromatic nitrogens is 3. The van der Waals surface area contributed by atoms with Gasteiger partial charge in [-0.1, -0.05) is 30.3 Å². The van der Waals surface area contributed by atoms with Crippen LogP contribution in [0, 0.1) is 6.92 Å². The van der Waals surface area contributed by atoms with E-state index in [-0.39, 0.29) is 11.9 Å². The molecule has 1 amide bonds. The van der Waals surface area contributed by atoms with Crippen molar-refractivity contribution >= 4 is 5.91 Å². The van der Waals surface area contributed by atoms with E-state index in [0.717, 1.165) is 17.7 Å². The predicted molar refractivity (Wildman–Crippen MR) is 91.2 cm³/mol. The minimum Gasteiger partial charge on any atom is -0.349 e. The first-order valence-electron chi connectivity index (χ1n) is 8.04. The van der Waals surface area contributed by atoms with Gasteiger partial charge in [0.25, 0.3) is 5.91 Å². The van der Waals surface area contributed by atoms with E-state index in [4.69, 9.17) is 0 Å². The highest BCUT2D eigenvalue weighted by atomic mass is 16.1. The summed E-state index contributed by atoms with van der Waals surface area (Å²) in [7, 11) is 0. The van der Waals surface area contributed by atoms with Crippen LogP contribution in [-0.2, 0) is 0 Å². The zero-order valence-corrected chi connectivity index (χ0v) is 13.4. The van der Waals surface area contributed by atoms with Gasteiger partial charge in [0.05, 0.1) is 5.69 Å². The zero-order valence-electron chi connectivity index (χ0n) is 13.4. The Morgan fingerprint density at radius 3 is 2.75 bits per heavy atom. The highest BCUT2D eigenvalue weighted by molar-refractivity contribution is 5.95. The summed E-state index contributed by atoms with van der Waals surface area (Å²) in [5.74, 6) is 0.414. The molecule has 4 rings (SSSR count). The van der Waals surface area contributed by atoms with E-state index in [9.17, 15) is 4.79 Å². The summed E-state index contributed by atoms with van der Waals surface area (Å²) in [4.78, 5) is 16.4. The first-order chi connectivity index (χ1) is 11.7. The number of nitrogens with one attached hydrogen (secondary N) is 1. The molecule has 5 heteroatoms. The summed E-state index contributed by atoms with van der Waals surface area (Å²) in [6.07, 6.45) is 4.15. The lowest BCUT2D eigenvalue weighted by Crippen LogP contribution is -2.26. The fourth-order valence-corrected chi connectivity index (χ4v) is 3.06. The molecule has 1 fully saturated rings. The van der Waals surface area contributed by atoms with Gasteiger partial charge in [-0.3, -0.25) is 4.79 Å². The number of carbonyl (C=O) groups excluding carboxylic acids is 1. The number of aryl methyl sites for hydroxylation is 1. The molecular formula is C19H18N4O. The van der Waals surface area contributed by atoms with Crippen molar-refractivity contribution in [1.82, 2.24) is 20.1 Å². The van der Waals surface area contributed by atoms with Crippen molar-refractivity contribution in [2.24, 2.45) is 0 Å². The summed E-state index contributed by atoms with van der Waals surface area (Å²) >= 11 is 0. The molecule has 1 aromatic heterocycles. The van der Waals surface area contributed by atoms with Gasteiger partial charge >= 0.3 is 0 Å². The van der Waals surface area contributed by atoms with E-state index >= 15 is 0 Å². The van der Waals surface area contributed by atoms with E-state index in [1.165, 1.54) is 11.9 Å². The molecule has 0 spiro atoms. The van der Waals surface area contributed by atoms with Gasteiger partial charge in [-0.15, -0.1) is 0 Å². The predicted octanol–water partition coefficient (Wildman–Crippen LogP) is 2.86. The molecule has 0 radical (unpaired) electrons. The zero-order chi connectivity index (χ0) is 16.5. The van der Waals surface area contributed by atoms with Crippen molar-refractivity contribution in [3.63, 3.8) is 0 Å². The number of hydrogen-bond donors (Lipinski definition) is 1.